The van der Waals surface area contributed by atoms with Crippen molar-refractivity contribution in [3.63, 3.8) is 0 Å². The zero-order valence-electron chi connectivity index (χ0n) is 12.1. The molecule has 0 unspecified atom stereocenters. The van der Waals surface area contributed by atoms with E-state index in [0.29, 0.717) is 0 Å². The molecule has 0 atom stereocenters. The second kappa shape index (κ2) is 5.52. The zero-order valence-corrected chi connectivity index (χ0v) is 12.1. The van der Waals surface area contributed by atoms with Gasteiger partial charge in [0.05, 0.1) is 18.8 Å². The highest BCUT2D eigenvalue weighted by atomic mass is 15.4. The van der Waals surface area contributed by atoms with Crippen LogP contribution in [0.2, 0.25) is 0 Å². The number of rotatable bonds is 5. The standard InChI is InChI=1S/C13H22N6/c1-11-5-6-15-19(11)8-7-18-10-12(16-17-18)9-14-13(2,3)4/h5-6,10,14H,7-9H2,1-4H3. The van der Waals surface area contributed by atoms with E-state index < -0.39 is 0 Å². The topological polar surface area (TPSA) is 60.6 Å². The Bertz CT molecular complexity index is 519. The second-order valence-electron chi connectivity index (χ2n) is 5.77. The number of nitrogens with one attached hydrogen (secondary N) is 1. The summed E-state index contributed by atoms with van der Waals surface area (Å²) in [5.41, 5.74) is 2.22. The van der Waals surface area contributed by atoms with Crippen molar-refractivity contribution in [1.29, 1.82) is 0 Å². The van der Waals surface area contributed by atoms with Gasteiger partial charge >= 0.3 is 0 Å². The number of nitrogens with zero attached hydrogens (tertiary/aromatic N) is 5. The number of aromatic nitrogens is 5. The van der Waals surface area contributed by atoms with Crippen LogP contribution in [0, 0.1) is 6.92 Å². The summed E-state index contributed by atoms with van der Waals surface area (Å²) in [5, 5.41) is 15.9. The minimum atomic E-state index is 0.0932. The Morgan fingerprint density at radius 3 is 2.68 bits per heavy atom. The predicted molar refractivity (Wildman–Crippen MR) is 73.6 cm³/mol. The van der Waals surface area contributed by atoms with Crippen molar-refractivity contribution >= 4 is 0 Å². The van der Waals surface area contributed by atoms with Crippen LogP contribution in [0.4, 0.5) is 0 Å². The van der Waals surface area contributed by atoms with E-state index in [2.05, 4.69) is 41.5 Å². The van der Waals surface area contributed by atoms with Crippen molar-refractivity contribution in [2.75, 3.05) is 0 Å². The Balaban J connectivity index is 1.86. The van der Waals surface area contributed by atoms with Gasteiger partial charge in [-0.3, -0.25) is 9.36 Å². The van der Waals surface area contributed by atoms with Crippen molar-refractivity contribution < 1.29 is 0 Å². The average Bonchev–Trinajstić information content (AvgIpc) is 2.92. The summed E-state index contributed by atoms with van der Waals surface area (Å²) in [4.78, 5) is 0. The first-order chi connectivity index (χ1) is 8.94. The van der Waals surface area contributed by atoms with Crippen LogP contribution in [0.15, 0.2) is 18.5 Å². The maximum absolute atomic E-state index is 4.25. The van der Waals surface area contributed by atoms with Crippen LogP contribution in [-0.2, 0) is 19.6 Å². The first-order valence-corrected chi connectivity index (χ1v) is 6.56. The zero-order chi connectivity index (χ0) is 13.9. The highest BCUT2D eigenvalue weighted by Crippen LogP contribution is 2.02. The molecule has 0 spiro atoms. The van der Waals surface area contributed by atoms with Crippen LogP contribution in [0.1, 0.15) is 32.2 Å². The Hall–Kier alpha value is -1.69. The Kier molecular flexibility index (Phi) is 3.99. The fraction of sp³-hybridized carbons (Fsp3) is 0.615. The molecule has 0 saturated heterocycles. The molecule has 0 radical (unpaired) electrons. The molecule has 0 aliphatic carbocycles. The molecular weight excluding hydrogens is 240 g/mol. The molecule has 6 nitrogen and oxygen atoms in total. The fourth-order valence-electron chi connectivity index (χ4n) is 1.71. The molecule has 104 valence electrons. The lowest BCUT2D eigenvalue weighted by molar-refractivity contribution is 0.421. The molecule has 0 saturated carbocycles. The van der Waals surface area contributed by atoms with E-state index in [1.807, 2.05) is 34.7 Å². The smallest absolute Gasteiger partial charge is 0.0965 e. The van der Waals surface area contributed by atoms with Gasteiger partial charge in [-0.05, 0) is 33.8 Å². The lowest BCUT2D eigenvalue weighted by Gasteiger charge is -2.19. The SMILES string of the molecule is Cc1ccnn1CCn1cc(CNC(C)(C)C)nn1. The minimum absolute atomic E-state index is 0.0932. The Morgan fingerprint density at radius 2 is 2.05 bits per heavy atom. The van der Waals surface area contributed by atoms with Crippen LogP contribution >= 0.6 is 0 Å². The average molecular weight is 262 g/mol. The summed E-state index contributed by atoms with van der Waals surface area (Å²) in [6.45, 7) is 10.8. The van der Waals surface area contributed by atoms with Crippen molar-refractivity contribution in [2.45, 2.75) is 52.9 Å². The van der Waals surface area contributed by atoms with Gasteiger partial charge in [0.1, 0.15) is 0 Å². The van der Waals surface area contributed by atoms with Crippen LogP contribution < -0.4 is 5.32 Å². The number of aryl methyl sites for hydroxylation is 3. The quantitative estimate of drug-likeness (QED) is 0.884. The lowest BCUT2D eigenvalue weighted by atomic mass is 10.1. The monoisotopic (exact) mass is 262 g/mol. The summed E-state index contributed by atoms with van der Waals surface area (Å²) in [5.74, 6) is 0. The van der Waals surface area contributed by atoms with Gasteiger partial charge < -0.3 is 5.32 Å². The molecule has 0 aliphatic rings. The van der Waals surface area contributed by atoms with E-state index in [0.717, 1.165) is 31.0 Å². The Labute approximate surface area is 113 Å². The van der Waals surface area contributed by atoms with Gasteiger partial charge in [0, 0.05) is 30.2 Å². The maximum Gasteiger partial charge on any atom is 0.0965 e. The molecule has 2 aromatic rings. The third-order valence-corrected chi connectivity index (χ3v) is 2.86. The van der Waals surface area contributed by atoms with Crippen LogP contribution in [-0.4, -0.2) is 30.3 Å². The summed E-state index contributed by atoms with van der Waals surface area (Å²) in [6.07, 6.45) is 3.80. The van der Waals surface area contributed by atoms with Crippen molar-refractivity contribution in [3.8, 4) is 0 Å². The first-order valence-electron chi connectivity index (χ1n) is 6.56. The molecule has 0 fully saturated rings. The minimum Gasteiger partial charge on any atom is -0.306 e. The number of hydrogen-bond acceptors (Lipinski definition) is 4. The largest absolute Gasteiger partial charge is 0.306 e. The molecule has 0 aromatic carbocycles. The highest BCUT2D eigenvalue weighted by molar-refractivity contribution is 4.96. The van der Waals surface area contributed by atoms with Gasteiger partial charge in [0.15, 0.2) is 0 Å². The summed E-state index contributed by atoms with van der Waals surface area (Å²) < 4.78 is 3.83. The Morgan fingerprint density at radius 1 is 1.26 bits per heavy atom. The van der Waals surface area contributed by atoms with Crippen LogP contribution in [0.3, 0.4) is 0 Å². The summed E-state index contributed by atoms with van der Waals surface area (Å²) >= 11 is 0. The molecule has 1 N–H and O–H groups in total. The van der Waals surface area contributed by atoms with Gasteiger partial charge in [0.2, 0.25) is 0 Å². The van der Waals surface area contributed by atoms with Crippen LogP contribution in [0.5, 0.6) is 0 Å². The molecular formula is C13H22N6. The van der Waals surface area contributed by atoms with E-state index in [1.54, 1.807) is 0 Å². The van der Waals surface area contributed by atoms with Gasteiger partial charge in [-0.1, -0.05) is 5.21 Å². The van der Waals surface area contributed by atoms with Crippen molar-refractivity contribution in [1.82, 2.24) is 30.1 Å². The van der Waals surface area contributed by atoms with Gasteiger partial charge in [-0.2, -0.15) is 5.10 Å². The fourth-order valence-corrected chi connectivity index (χ4v) is 1.71. The van der Waals surface area contributed by atoms with E-state index in [1.165, 1.54) is 0 Å². The number of hydrogen-bond donors (Lipinski definition) is 1. The molecule has 2 heterocycles. The highest BCUT2D eigenvalue weighted by Gasteiger charge is 2.10. The van der Waals surface area contributed by atoms with E-state index in [9.17, 15) is 0 Å². The van der Waals surface area contributed by atoms with E-state index >= 15 is 0 Å². The molecule has 6 heteroatoms. The molecule has 0 aliphatic heterocycles. The molecule has 0 amide bonds. The van der Waals surface area contributed by atoms with Crippen LogP contribution in [0.25, 0.3) is 0 Å². The molecule has 0 bridgehead atoms. The van der Waals surface area contributed by atoms with Gasteiger partial charge in [-0.25, -0.2) is 0 Å². The maximum atomic E-state index is 4.25. The molecule has 19 heavy (non-hydrogen) atoms. The third kappa shape index (κ3) is 4.17. The predicted octanol–water partition coefficient (Wildman–Crippen LogP) is 1.37. The summed E-state index contributed by atoms with van der Waals surface area (Å²) in [6, 6.07) is 2.00. The normalized spacial score (nSPS) is 12.0. The van der Waals surface area contributed by atoms with E-state index in [4.69, 9.17) is 0 Å². The first kappa shape index (κ1) is 13.7. The lowest BCUT2D eigenvalue weighted by Crippen LogP contribution is -2.35. The second-order valence-corrected chi connectivity index (χ2v) is 5.77. The molecule has 2 aromatic heterocycles. The third-order valence-electron chi connectivity index (χ3n) is 2.86. The van der Waals surface area contributed by atoms with E-state index in [-0.39, 0.29) is 5.54 Å². The van der Waals surface area contributed by atoms with Gasteiger partial charge in [0.25, 0.3) is 0 Å². The van der Waals surface area contributed by atoms with Crippen molar-refractivity contribution in [2.24, 2.45) is 0 Å². The summed E-state index contributed by atoms with van der Waals surface area (Å²) in [7, 11) is 0. The van der Waals surface area contributed by atoms with Crippen molar-refractivity contribution in [3.05, 3.63) is 29.8 Å². The van der Waals surface area contributed by atoms with Gasteiger partial charge in [-0.15, -0.1) is 5.10 Å². The molecule has 2 rings (SSSR count).